The van der Waals surface area contributed by atoms with Gasteiger partial charge >= 0.3 is 0 Å². The average molecular weight is 235 g/mol. The van der Waals surface area contributed by atoms with Gasteiger partial charge in [0.1, 0.15) is 17.5 Å². The second-order valence-corrected chi connectivity index (χ2v) is 4.82. The molecule has 1 saturated heterocycles. The Morgan fingerprint density at radius 1 is 1.24 bits per heavy atom. The van der Waals surface area contributed by atoms with Crippen LogP contribution in [0.3, 0.4) is 0 Å². The van der Waals surface area contributed by atoms with Gasteiger partial charge in [-0.15, -0.1) is 0 Å². The fraction of sp³-hybridized carbons (Fsp3) is 0.667. The van der Waals surface area contributed by atoms with E-state index in [2.05, 4.69) is 34.1 Å². The molecule has 2 rings (SSSR count). The van der Waals surface area contributed by atoms with Gasteiger partial charge in [-0.1, -0.05) is 13.8 Å². The van der Waals surface area contributed by atoms with Gasteiger partial charge < -0.3 is 10.3 Å². The first-order valence-corrected chi connectivity index (χ1v) is 6.31. The number of piperidine rings is 1. The Morgan fingerprint density at radius 3 is 2.53 bits per heavy atom. The third-order valence-corrected chi connectivity index (χ3v) is 3.07. The molecule has 1 aromatic heterocycles. The number of aromatic nitrogens is 2. The molecule has 0 aliphatic carbocycles. The number of nitrogens with two attached hydrogens (primary N) is 1. The monoisotopic (exact) mass is 235 g/mol. The van der Waals surface area contributed by atoms with Crippen molar-refractivity contribution in [1.29, 1.82) is 0 Å². The maximum atomic E-state index is 5.46. The van der Waals surface area contributed by atoms with Crippen LogP contribution in [0.25, 0.3) is 0 Å². The van der Waals surface area contributed by atoms with E-state index in [0.29, 0.717) is 11.7 Å². The number of anilines is 2. The molecule has 0 unspecified atom stereocenters. The van der Waals surface area contributed by atoms with Crippen molar-refractivity contribution in [2.24, 2.45) is 5.84 Å². The van der Waals surface area contributed by atoms with Gasteiger partial charge in [-0.25, -0.2) is 15.8 Å². The molecule has 1 fully saturated rings. The molecule has 1 aromatic rings. The van der Waals surface area contributed by atoms with Crippen LogP contribution in [0.2, 0.25) is 0 Å². The predicted molar refractivity (Wildman–Crippen MR) is 70.0 cm³/mol. The SMILES string of the molecule is CC(C)c1nc(NN)cc(N2CCCCC2)n1. The number of hydrazine groups is 1. The van der Waals surface area contributed by atoms with Gasteiger partial charge in [-0.2, -0.15) is 0 Å². The van der Waals surface area contributed by atoms with Gasteiger partial charge in [0.15, 0.2) is 0 Å². The van der Waals surface area contributed by atoms with Gasteiger partial charge in [0.25, 0.3) is 0 Å². The highest BCUT2D eigenvalue weighted by Crippen LogP contribution is 2.22. The lowest BCUT2D eigenvalue weighted by molar-refractivity contribution is 0.571. The van der Waals surface area contributed by atoms with E-state index in [-0.39, 0.29) is 0 Å². The lowest BCUT2D eigenvalue weighted by Gasteiger charge is -2.28. The summed E-state index contributed by atoms with van der Waals surface area (Å²) in [4.78, 5) is 11.3. The molecule has 0 atom stereocenters. The first kappa shape index (κ1) is 12.1. The lowest BCUT2D eigenvalue weighted by Crippen LogP contribution is -2.30. The first-order chi connectivity index (χ1) is 8.20. The number of hydrogen-bond donors (Lipinski definition) is 2. The average Bonchev–Trinajstić information content (AvgIpc) is 2.39. The maximum absolute atomic E-state index is 5.46. The van der Waals surface area contributed by atoms with Crippen LogP contribution in [0.1, 0.15) is 44.9 Å². The van der Waals surface area contributed by atoms with Crippen LogP contribution in [-0.2, 0) is 0 Å². The Labute approximate surface area is 102 Å². The number of nitrogens with zero attached hydrogens (tertiary/aromatic N) is 3. The minimum absolute atomic E-state index is 0.312. The fourth-order valence-electron chi connectivity index (χ4n) is 2.07. The van der Waals surface area contributed by atoms with Crippen LogP contribution < -0.4 is 16.2 Å². The van der Waals surface area contributed by atoms with E-state index in [1.165, 1.54) is 19.3 Å². The molecule has 2 heterocycles. The standard InChI is InChI=1S/C12H21N5/c1-9(2)12-14-10(16-13)8-11(15-12)17-6-4-3-5-7-17/h8-9H,3-7,13H2,1-2H3,(H,14,15,16). The zero-order valence-electron chi connectivity index (χ0n) is 10.6. The Hall–Kier alpha value is -1.36. The molecular formula is C12H21N5. The van der Waals surface area contributed by atoms with Crippen molar-refractivity contribution in [1.82, 2.24) is 9.97 Å². The summed E-state index contributed by atoms with van der Waals surface area (Å²) >= 11 is 0. The molecule has 1 aliphatic rings. The normalized spacial score (nSPS) is 16.4. The van der Waals surface area contributed by atoms with E-state index in [1.54, 1.807) is 0 Å². The highest BCUT2D eigenvalue weighted by molar-refractivity contribution is 5.49. The largest absolute Gasteiger partial charge is 0.356 e. The summed E-state index contributed by atoms with van der Waals surface area (Å²) in [6.45, 7) is 6.35. The molecule has 17 heavy (non-hydrogen) atoms. The minimum Gasteiger partial charge on any atom is -0.356 e. The van der Waals surface area contributed by atoms with Crippen LogP contribution in [0.15, 0.2) is 6.07 Å². The molecule has 0 spiro atoms. The van der Waals surface area contributed by atoms with E-state index >= 15 is 0 Å². The zero-order chi connectivity index (χ0) is 12.3. The minimum atomic E-state index is 0.312. The van der Waals surface area contributed by atoms with Crippen LogP contribution in [0.4, 0.5) is 11.6 Å². The molecule has 94 valence electrons. The Morgan fingerprint density at radius 2 is 1.94 bits per heavy atom. The quantitative estimate of drug-likeness (QED) is 0.618. The van der Waals surface area contributed by atoms with Crippen molar-refractivity contribution in [3.63, 3.8) is 0 Å². The van der Waals surface area contributed by atoms with Crippen LogP contribution in [0, 0.1) is 0 Å². The topological polar surface area (TPSA) is 67.1 Å². The fourth-order valence-corrected chi connectivity index (χ4v) is 2.07. The third-order valence-electron chi connectivity index (χ3n) is 3.07. The molecule has 0 bridgehead atoms. The molecular weight excluding hydrogens is 214 g/mol. The number of rotatable bonds is 3. The van der Waals surface area contributed by atoms with Crippen LogP contribution in [0.5, 0.6) is 0 Å². The van der Waals surface area contributed by atoms with Crippen molar-refractivity contribution in [2.75, 3.05) is 23.4 Å². The Bertz CT molecular complexity index is 371. The molecule has 3 N–H and O–H groups in total. The smallest absolute Gasteiger partial charge is 0.145 e. The molecule has 0 saturated carbocycles. The number of nitrogen functional groups attached to an aromatic ring is 1. The summed E-state index contributed by atoms with van der Waals surface area (Å²) in [6.07, 6.45) is 3.80. The van der Waals surface area contributed by atoms with Crippen molar-refractivity contribution in [3.8, 4) is 0 Å². The van der Waals surface area contributed by atoms with Crippen LogP contribution >= 0.6 is 0 Å². The Balaban J connectivity index is 2.28. The first-order valence-electron chi connectivity index (χ1n) is 6.31. The summed E-state index contributed by atoms with van der Waals surface area (Å²) < 4.78 is 0. The van der Waals surface area contributed by atoms with Crippen molar-refractivity contribution < 1.29 is 0 Å². The van der Waals surface area contributed by atoms with Gasteiger partial charge in [-0.3, -0.25) is 0 Å². The van der Waals surface area contributed by atoms with Gasteiger partial charge in [0, 0.05) is 25.1 Å². The summed E-state index contributed by atoms with van der Waals surface area (Å²) in [7, 11) is 0. The van der Waals surface area contributed by atoms with Gasteiger partial charge in [0.2, 0.25) is 0 Å². The van der Waals surface area contributed by atoms with Gasteiger partial charge in [0.05, 0.1) is 0 Å². The lowest BCUT2D eigenvalue weighted by atomic mass is 10.1. The molecule has 0 aromatic carbocycles. The molecule has 0 radical (unpaired) electrons. The van der Waals surface area contributed by atoms with Crippen LogP contribution in [-0.4, -0.2) is 23.1 Å². The highest BCUT2D eigenvalue weighted by Gasteiger charge is 2.15. The highest BCUT2D eigenvalue weighted by atomic mass is 15.3. The number of nitrogens with one attached hydrogen (secondary N) is 1. The summed E-state index contributed by atoms with van der Waals surface area (Å²) in [5.41, 5.74) is 2.62. The van der Waals surface area contributed by atoms with Crippen molar-refractivity contribution >= 4 is 11.6 Å². The van der Waals surface area contributed by atoms with Crippen molar-refractivity contribution in [3.05, 3.63) is 11.9 Å². The second-order valence-electron chi connectivity index (χ2n) is 4.82. The Kier molecular flexibility index (Phi) is 3.78. The third kappa shape index (κ3) is 2.85. The van der Waals surface area contributed by atoms with E-state index in [9.17, 15) is 0 Å². The molecule has 1 aliphatic heterocycles. The second kappa shape index (κ2) is 5.31. The van der Waals surface area contributed by atoms with E-state index in [1.807, 2.05) is 6.07 Å². The summed E-state index contributed by atoms with van der Waals surface area (Å²) in [5.74, 6) is 8.31. The summed E-state index contributed by atoms with van der Waals surface area (Å²) in [6, 6.07) is 1.93. The summed E-state index contributed by atoms with van der Waals surface area (Å²) in [5, 5.41) is 0. The molecule has 5 nitrogen and oxygen atoms in total. The van der Waals surface area contributed by atoms with Crippen molar-refractivity contribution in [2.45, 2.75) is 39.0 Å². The van der Waals surface area contributed by atoms with E-state index < -0.39 is 0 Å². The zero-order valence-corrected chi connectivity index (χ0v) is 10.6. The maximum Gasteiger partial charge on any atom is 0.145 e. The van der Waals surface area contributed by atoms with E-state index in [0.717, 1.165) is 24.7 Å². The van der Waals surface area contributed by atoms with Gasteiger partial charge in [-0.05, 0) is 19.3 Å². The molecule has 5 heteroatoms. The molecule has 0 amide bonds. The number of hydrogen-bond acceptors (Lipinski definition) is 5. The predicted octanol–water partition coefficient (Wildman–Crippen LogP) is 1.88. The van der Waals surface area contributed by atoms with E-state index in [4.69, 9.17) is 5.84 Å².